The molecule has 7 heteroatoms. The minimum Gasteiger partial charge on any atom is -0.459 e. The topological polar surface area (TPSA) is 71.5 Å². The molecule has 0 amide bonds. The Balaban J connectivity index is 1.56. The van der Waals surface area contributed by atoms with Gasteiger partial charge >= 0.3 is 0 Å². The smallest absolute Gasteiger partial charge is 0.193 e. The van der Waals surface area contributed by atoms with Crippen LogP contribution in [0.25, 0.3) is 11.0 Å². The highest BCUT2D eigenvalue weighted by Crippen LogP contribution is 2.19. The highest BCUT2D eigenvalue weighted by atomic mass is 16.3. The zero-order valence-corrected chi connectivity index (χ0v) is 14.9. The lowest BCUT2D eigenvalue weighted by Crippen LogP contribution is -2.39. The van der Waals surface area contributed by atoms with Crippen molar-refractivity contribution in [3.05, 3.63) is 48.2 Å². The summed E-state index contributed by atoms with van der Waals surface area (Å²) in [5, 5.41) is 12.5. The van der Waals surface area contributed by atoms with E-state index in [1.165, 1.54) is 0 Å². The largest absolute Gasteiger partial charge is 0.459 e. The van der Waals surface area contributed by atoms with Crippen LogP contribution in [0.1, 0.15) is 18.5 Å². The summed E-state index contributed by atoms with van der Waals surface area (Å²) in [4.78, 5) is 6.40. The molecule has 0 aliphatic rings. The van der Waals surface area contributed by atoms with Crippen LogP contribution in [0.3, 0.4) is 0 Å². The second-order valence-corrected chi connectivity index (χ2v) is 5.87. The van der Waals surface area contributed by atoms with Crippen molar-refractivity contribution in [2.24, 2.45) is 4.99 Å². The normalized spacial score (nSPS) is 11.9. The molecular formula is C18H24N6O. The summed E-state index contributed by atoms with van der Waals surface area (Å²) in [7, 11) is 3.78. The van der Waals surface area contributed by atoms with E-state index in [9.17, 15) is 0 Å². The molecule has 0 aliphatic carbocycles. The third-order valence-corrected chi connectivity index (χ3v) is 4.09. The van der Waals surface area contributed by atoms with Crippen molar-refractivity contribution in [3.8, 4) is 0 Å². The lowest BCUT2D eigenvalue weighted by atomic mass is 10.2. The standard InChI is InChI=1S/C18H24N6O/c1-4-17-22-21-13-24(17)10-9-20-18(19-2)23(3)12-15-11-14-7-5-6-8-16(14)25-15/h5-8,11,13H,4,9-10,12H2,1-3H3,(H,19,20). The molecule has 7 nitrogen and oxygen atoms in total. The molecule has 0 atom stereocenters. The molecule has 0 bridgehead atoms. The lowest BCUT2D eigenvalue weighted by molar-refractivity contribution is 0.411. The maximum absolute atomic E-state index is 5.88. The van der Waals surface area contributed by atoms with Gasteiger partial charge in [-0.1, -0.05) is 25.1 Å². The molecule has 0 aliphatic heterocycles. The molecule has 132 valence electrons. The van der Waals surface area contributed by atoms with Gasteiger partial charge in [-0.2, -0.15) is 0 Å². The summed E-state index contributed by atoms with van der Waals surface area (Å²) < 4.78 is 7.94. The zero-order valence-electron chi connectivity index (χ0n) is 14.9. The summed E-state index contributed by atoms with van der Waals surface area (Å²) in [5.41, 5.74) is 0.911. The number of nitrogens with zero attached hydrogens (tertiary/aromatic N) is 5. The van der Waals surface area contributed by atoms with Crippen LogP contribution in [0.2, 0.25) is 0 Å². The number of furan rings is 1. The summed E-state index contributed by atoms with van der Waals surface area (Å²) in [6.45, 7) is 4.28. The molecule has 0 fully saturated rings. The number of benzene rings is 1. The molecule has 3 rings (SSSR count). The molecule has 3 aromatic rings. The van der Waals surface area contributed by atoms with Crippen LogP contribution in [0.4, 0.5) is 0 Å². The molecule has 1 N–H and O–H groups in total. The van der Waals surface area contributed by atoms with Crippen molar-refractivity contribution in [3.63, 3.8) is 0 Å². The van der Waals surface area contributed by atoms with E-state index in [1.807, 2.05) is 30.1 Å². The second-order valence-electron chi connectivity index (χ2n) is 5.87. The van der Waals surface area contributed by atoms with Gasteiger partial charge in [0.2, 0.25) is 0 Å². The first-order valence-corrected chi connectivity index (χ1v) is 8.47. The molecule has 2 heterocycles. The summed E-state index contributed by atoms with van der Waals surface area (Å²) in [6, 6.07) is 10.1. The average molecular weight is 340 g/mol. The van der Waals surface area contributed by atoms with Gasteiger partial charge in [-0.05, 0) is 12.1 Å². The fraction of sp³-hybridized carbons (Fsp3) is 0.389. The quantitative estimate of drug-likeness (QED) is 0.551. The third-order valence-electron chi connectivity index (χ3n) is 4.09. The van der Waals surface area contributed by atoms with Gasteiger partial charge in [-0.3, -0.25) is 4.99 Å². The first-order chi connectivity index (χ1) is 12.2. The molecule has 0 radical (unpaired) electrons. The van der Waals surface area contributed by atoms with Gasteiger partial charge in [0.25, 0.3) is 0 Å². The Morgan fingerprint density at radius 2 is 2.20 bits per heavy atom. The first-order valence-electron chi connectivity index (χ1n) is 8.47. The number of para-hydroxylation sites is 1. The van der Waals surface area contributed by atoms with Crippen molar-refractivity contribution >= 4 is 16.9 Å². The minimum atomic E-state index is 0.654. The molecule has 0 saturated carbocycles. The van der Waals surface area contributed by atoms with E-state index in [0.717, 1.165) is 48.0 Å². The van der Waals surface area contributed by atoms with Crippen molar-refractivity contribution in [2.75, 3.05) is 20.6 Å². The Hall–Kier alpha value is -2.83. The highest BCUT2D eigenvalue weighted by molar-refractivity contribution is 5.80. The Morgan fingerprint density at radius 1 is 1.36 bits per heavy atom. The van der Waals surface area contributed by atoms with Crippen LogP contribution in [-0.2, 0) is 19.5 Å². The zero-order chi connectivity index (χ0) is 17.6. The SMILES string of the molecule is CCc1nncn1CCNC(=NC)N(C)Cc1cc2ccccc2o1. The number of aliphatic imine (C=N–C) groups is 1. The number of fused-ring (bicyclic) bond motifs is 1. The van der Waals surface area contributed by atoms with Crippen LogP contribution >= 0.6 is 0 Å². The molecule has 0 spiro atoms. The van der Waals surface area contributed by atoms with Gasteiger partial charge in [-0.25, -0.2) is 0 Å². The van der Waals surface area contributed by atoms with E-state index in [0.29, 0.717) is 6.54 Å². The predicted molar refractivity (Wildman–Crippen MR) is 98.4 cm³/mol. The number of rotatable bonds is 6. The fourth-order valence-electron chi connectivity index (χ4n) is 2.84. The minimum absolute atomic E-state index is 0.654. The highest BCUT2D eigenvalue weighted by Gasteiger charge is 2.10. The number of nitrogens with one attached hydrogen (secondary N) is 1. The van der Waals surface area contributed by atoms with Crippen LogP contribution in [0.15, 0.2) is 46.1 Å². The van der Waals surface area contributed by atoms with Crippen LogP contribution in [0, 0.1) is 0 Å². The number of hydrogen-bond donors (Lipinski definition) is 1. The van der Waals surface area contributed by atoms with E-state index in [-0.39, 0.29) is 0 Å². The van der Waals surface area contributed by atoms with E-state index >= 15 is 0 Å². The van der Waals surface area contributed by atoms with E-state index in [2.05, 4.69) is 44.1 Å². The molecule has 25 heavy (non-hydrogen) atoms. The molecule has 0 unspecified atom stereocenters. The summed E-state index contributed by atoms with van der Waals surface area (Å²) >= 11 is 0. The van der Waals surface area contributed by atoms with Gasteiger partial charge in [0.15, 0.2) is 5.96 Å². The number of hydrogen-bond acceptors (Lipinski definition) is 4. The van der Waals surface area contributed by atoms with E-state index in [1.54, 1.807) is 13.4 Å². The maximum atomic E-state index is 5.88. The van der Waals surface area contributed by atoms with Gasteiger partial charge in [0.05, 0.1) is 6.54 Å². The Bertz CT molecular complexity index is 817. The Labute approximate surface area is 147 Å². The van der Waals surface area contributed by atoms with Crippen molar-refractivity contribution in [2.45, 2.75) is 26.4 Å². The van der Waals surface area contributed by atoms with Crippen molar-refractivity contribution in [1.29, 1.82) is 0 Å². The van der Waals surface area contributed by atoms with Gasteiger partial charge < -0.3 is 19.2 Å². The van der Waals surface area contributed by atoms with E-state index in [4.69, 9.17) is 4.42 Å². The summed E-state index contributed by atoms with van der Waals surface area (Å²) in [6.07, 6.45) is 2.64. The van der Waals surface area contributed by atoms with Crippen LogP contribution in [-0.4, -0.2) is 46.3 Å². The third kappa shape index (κ3) is 3.99. The average Bonchev–Trinajstić information content (AvgIpc) is 3.24. The van der Waals surface area contributed by atoms with Gasteiger partial charge in [0, 0.05) is 39.0 Å². The second kappa shape index (κ2) is 7.83. The Morgan fingerprint density at radius 3 is 2.96 bits per heavy atom. The lowest BCUT2D eigenvalue weighted by Gasteiger charge is -2.21. The van der Waals surface area contributed by atoms with E-state index < -0.39 is 0 Å². The molecule has 0 saturated heterocycles. The van der Waals surface area contributed by atoms with Crippen molar-refractivity contribution in [1.82, 2.24) is 25.0 Å². The molecular weight excluding hydrogens is 316 g/mol. The van der Waals surface area contributed by atoms with Crippen molar-refractivity contribution < 1.29 is 4.42 Å². The first kappa shape index (κ1) is 17.0. The Kier molecular flexibility index (Phi) is 5.33. The molecule has 1 aromatic carbocycles. The van der Waals surface area contributed by atoms with Gasteiger partial charge in [0.1, 0.15) is 23.5 Å². The molecule has 2 aromatic heterocycles. The van der Waals surface area contributed by atoms with Crippen LogP contribution in [0.5, 0.6) is 0 Å². The number of guanidine groups is 1. The van der Waals surface area contributed by atoms with Gasteiger partial charge in [-0.15, -0.1) is 10.2 Å². The maximum Gasteiger partial charge on any atom is 0.193 e. The fourth-order valence-corrected chi connectivity index (χ4v) is 2.84. The number of aryl methyl sites for hydroxylation is 1. The predicted octanol–water partition coefficient (Wildman–Crippen LogP) is 2.29. The number of aromatic nitrogens is 3. The van der Waals surface area contributed by atoms with Crippen LogP contribution < -0.4 is 5.32 Å². The monoisotopic (exact) mass is 340 g/mol. The summed E-state index contributed by atoms with van der Waals surface area (Å²) in [5.74, 6) is 2.73.